The summed E-state index contributed by atoms with van der Waals surface area (Å²) in [4.78, 5) is 31.4. The summed E-state index contributed by atoms with van der Waals surface area (Å²) < 4.78 is 12.4. The van der Waals surface area contributed by atoms with Gasteiger partial charge in [0.2, 0.25) is 0 Å². The van der Waals surface area contributed by atoms with Crippen LogP contribution in [0, 0.1) is 0 Å². The van der Waals surface area contributed by atoms with Gasteiger partial charge in [-0.1, -0.05) is 146 Å². The van der Waals surface area contributed by atoms with Crippen LogP contribution in [0.25, 0.3) is 21.5 Å². The van der Waals surface area contributed by atoms with Gasteiger partial charge in [0.15, 0.2) is 23.7 Å². The zero-order chi connectivity index (χ0) is 39.7. The van der Waals surface area contributed by atoms with Gasteiger partial charge >= 0.3 is 11.9 Å². The number of hydrogen-bond donors (Lipinski definition) is 2. The van der Waals surface area contributed by atoms with E-state index in [9.17, 15) is 19.8 Å². The third kappa shape index (κ3) is 8.69. The lowest BCUT2D eigenvalue weighted by molar-refractivity contribution is -0.212. The minimum atomic E-state index is -2.21. The number of esters is 2. The molecule has 0 spiro atoms. The second-order valence-electron chi connectivity index (χ2n) is 14.8. The highest BCUT2D eigenvalue weighted by atomic mass is 16.6. The lowest BCUT2D eigenvalue weighted by Gasteiger charge is -2.41. The van der Waals surface area contributed by atoms with Gasteiger partial charge in [-0.05, 0) is 86.5 Å². The van der Waals surface area contributed by atoms with Crippen molar-refractivity contribution >= 4 is 33.5 Å². The smallest absolute Gasteiger partial charge is 0.340 e. The van der Waals surface area contributed by atoms with Gasteiger partial charge in [-0.3, -0.25) is 9.80 Å². The molecule has 0 aliphatic rings. The molecule has 0 fully saturated rings. The van der Waals surface area contributed by atoms with Crippen LogP contribution in [-0.4, -0.2) is 72.4 Å². The molecule has 6 aromatic rings. The predicted octanol–water partition coefficient (Wildman–Crippen LogP) is 7.98. The van der Waals surface area contributed by atoms with E-state index in [0.717, 1.165) is 21.5 Å². The number of fused-ring (bicyclic) bond motifs is 2. The Morgan fingerprint density at radius 3 is 1.21 bits per heavy atom. The van der Waals surface area contributed by atoms with Crippen LogP contribution in [0.3, 0.4) is 0 Å². The molecule has 8 nitrogen and oxygen atoms in total. The number of aliphatic hydroxyl groups is 2. The van der Waals surface area contributed by atoms with Gasteiger partial charge in [0.1, 0.15) is 0 Å². The molecular weight excluding hydrogens is 701 g/mol. The molecule has 0 radical (unpaired) electrons. The molecule has 0 aromatic heterocycles. The van der Waals surface area contributed by atoms with Crippen LogP contribution in [0.15, 0.2) is 146 Å². The quantitative estimate of drug-likeness (QED) is 0.0716. The highest BCUT2D eigenvalue weighted by molar-refractivity contribution is 5.87. The number of benzene rings is 6. The van der Waals surface area contributed by atoms with E-state index in [2.05, 4.69) is 48.5 Å². The van der Waals surface area contributed by atoms with Crippen molar-refractivity contribution in [1.29, 1.82) is 0 Å². The average molecular weight is 753 g/mol. The second kappa shape index (κ2) is 18.0. The Morgan fingerprint density at radius 1 is 0.500 bits per heavy atom. The van der Waals surface area contributed by atoms with Gasteiger partial charge in [-0.15, -0.1) is 0 Å². The van der Waals surface area contributed by atoms with Crippen molar-refractivity contribution in [3.63, 3.8) is 0 Å². The SMILES string of the molecule is CN(C)C(CCCc1cccc2ccccc12)(OC(=O)C(O)C(O)C(=O)OC(CCCc1cccc2ccccc12)(c1ccccc1)N(C)C)c1ccccc1. The molecule has 8 heteroatoms. The summed E-state index contributed by atoms with van der Waals surface area (Å²) in [5.74, 6) is -2.27. The number of rotatable bonds is 17. The van der Waals surface area contributed by atoms with Gasteiger partial charge in [0, 0.05) is 24.0 Å². The molecule has 0 saturated heterocycles. The molecule has 0 aliphatic carbocycles. The fourth-order valence-corrected chi connectivity index (χ4v) is 7.82. The first kappa shape index (κ1) is 40.3. The minimum Gasteiger partial charge on any atom is -0.437 e. The topological polar surface area (TPSA) is 99.5 Å². The average Bonchev–Trinajstić information content (AvgIpc) is 3.22. The summed E-state index contributed by atoms with van der Waals surface area (Å²) in [7, 11) is 7.22. The molecule has 0 heterocycles. The van der Waals surface area contributed by atoms with Gasteiger partial charge in [0.25, 0.3) is 0 Å². The Balaban J connectivity index is 1.21. The van der Waals surface area contributed by atoms with Crippen LogP contribution < -0.4 is 0 Å². The first-order chi connectivity index (χ1) is 27.1. The maximum Gasteiger partial charge on any atom is 0.340 e. The zero-order valence-electron chi connectivity index (χ0n) is 32.7. The van der Waals surface area contributed by atoms with Crippen molar-refractivity contribution in [3.8, 4) is 0 Å². The number of hydrogen-bond acceptors (Lipinski definition) is 8. The molecule has 290 valence electrons. The predicted molar refractivity (Wildman–Crippen MR) is 222 cm³/mol. The van der Waals surface area contributed by atoms with Crippen LogP contribution >= 0.6 is 0 Å². The van der Waals surface area contributed by atoms with Crippen molar-refractivity contribution < 1.29 is 29.3 Å². The van der Waals surface area contributed by atoms with E-state index in [4.69, 9.17) is 9.47 Å². The fourth-order valence-electron chi connectivity index (χ4n) is 7.82. The number of carbonyl (C=O) groups excluding carboxylic acids is 2. The van der Waals surface area contributed by atoms with Gasteiger partial charge in [-0.2, -0.15) is 0 Å². The summed E-state index contributed by atoms with van der Waals surface area (Å²) in [5.41, 5.74) is 1.12. The van der Waals surface area contributed by atoms with Crippen molar-refractivity contribution in [1.82, 2.24) is 9.80 Å². The number of ether oxygens (including phenoxy) is 2. The molecule has 0 aliphatic heterocycles. The Labute approximate surface area is 329 Å². The normalized spacial score (nSPS) is 14.9. The summed E-state index contributed by atoms with van der Waals surface area (Å²) >= 11 is 0. The molecule has 4 unspecified atom stereocenters. The van der Waals surface area contributed by atoms with Crippen LogP contribution in [-0.2, 0) is 43.4 Å². The lowest BCUT2D eigenvalue weighted by atomic mass is 9.92. The maximum absolute atomic E-state index is 13.9. The van der Waals surface area contributed by atoms with Crippen molar-refractivity contribution in [2.75, 3.05) is 28.2 Å². The minimum absolute atomic E-state index is 0.376. The van der Waals surface area contributed by atoms with Gasteiger partial charge in [-0.25, -0.2) is 9.59 Å². The molecule has 0 amide bonds. The van der Waals surface area contributed by atoms with E-state index in [-0.39, 0.29) is 0 Å². The van der Waals surface area contributed by atoms with Gasteiger partial charge < -0.3 is 19.7 Å². The van der Waals surface area contributed by atoms with Crippen molar-refractivity contribution in [3.05, 3.63) is 168 Å². The third-order valence-electron chi connectivity index (χ3n) is 10.9. The van der Waals surface area contributed by atoms with Crippen molar-refractivity contribution in [2.45, 2.75) is 62.2 Å². The summed E-state index contributed by atoms with van der Waals surface area (Å²) in [6.07, 6.45) is -0.977. The van der Waals surface area contributed by atoms with Crippen LogP contribution in [0.5, 0.6) is 0 Å². The van der Waals surface area contributed by atoms with E-state index in [0.29, 0.717) is 49.7 Å². The van der Waals surface area contributed by atoms with Crippen molar-refractivity contribution in [2.24, 2.45) is 0 Å². The van der Waals surface area contributed by atoms with Crippen LogP contribution in [0.2, 0.25) is 0 Å². The molecule has 6 rings (SSSR count). The zero-order valence-corrected chi connectivity index (χ0v) is 32.7. The molecule has 0 saturated carbocycles. The first-order valence-electron chi connectivity index (χ1n) is 19.3. The Bertz CT molecular complexity index is 2060. The summed E-state index contributed by atoms with van der Waals surface area (Å²) in [6.45, 7) is 0. The van der Waals surface area contributed by atoms with E-state index in [1.165, 1.54) is 11.1 Å². The van der Waals surface area contributed by atoms with E-state index in [1.807, 2.05) is 97.1 Å². The molecule has 56 heavy (non-hydrogen) atoms. The standard InChI is InChI=1S/C48H52N2O6/c1-49(2)47(39-27-7-5-8-28-39,33-17-25-37-23-15-21-35-19-11-13-31-41(35)37)55-45(53)43(51)44(52)46(54)56-48(50(3)4,40-29-9-6-10-30-40)34-18-26-38-24-16-22-36-20-12-14-32-42(36)38/h5-16,19-24,27-32,43-44,51-52H,17-18,25-26,33-34H2,1-4H3. The van der Waals surface area contributed by atoms with Crippen LogP contribution in [0.4, 0.5) is 0 Å². The highest BCUT2D eigenvalue weighted by Gasteiger charge is 2.45. The second-order valence-corrected chi connectivity index (χ2v) is 14.8. The highest BCUT2D eigenvalue weighted by Crippen LogP contribution is 2.37. The van der Waals surface area contributed by atoms with E-state index < -0.39 is 35.6 Å². The molecule has 6 aromatic carbocycles. The number of nitrogens with zero attached hydrogens (tertiary/aromatic N) is 2. The molecule has 4 atom stereocenters. The summed E-state index contributed by atoms with van der Waals surface area (Å²) in [5, 5.41) is 27.3. The Hall–Kier alpha value is -5.38. The van der Waals surface area contributed by atoms with Crippen LogP contribution in [0.1, 0.15) is 47.9 Å². The third-order valence-corrected chi connectivity index (χ3v) is 10.9. The fraction of sp³-hybridized carbons (Fsp3) is 0.292. The molecule has 0 bridgehead atoms. The monoisotopic (exact) mass is 752 g/mol. The Kier molecular flexibility index (Phi) is 13.0. The van der Waals surface area contributed by atoms with E-state index in [1.54, 1.807) is 38.0 Å². The molecule has 2 N–H and O–H groups in total. The first-order valence-corrected chi connectivity index (χ1v) is 19.3. The number of aliphatic hydroxyl groups excluding tert-OH is 2. The maximum atomic E-state index is 13.9. The van der Waals surface area contributed by atoms with Gasteiger partial charge in [0.05, 0.1) is 0 Å². The number of aryl methyl sites for hydroxylation is 2. The largest absolute Gasteiger partial charge is 0.437 e. The summed E-state index contributed by atoms with van der Waals surface area (Å²) in [6, 6.07) is 47.6. The lowest BCUT2D eigenvalue weighted by Crippen LogP contribution is -2.52. The number of carbonyl (C=O) groups is 2. The Morgan fingerprint density at radius 2 is 0.839 bits per heavy atom. The van der Waals surface area contributed by atoms with E-state index >= 15 is 0 Å². The molecular formula is C48H52N2O6.